The number of nitrogens with zero attached hydrogens (tertiary/aromatic N) is 1. The van der Waals surface area contributed by atoms with Crippen LogP contribution in [0.1, 0.15) is 24.2 Å². The summed E-state index contributed by atoms with van der Waals surface area (Å²) in [6.07, 6.45) is 0.0180. The third-order valence-electron chi connectivity index (χ3n) is 3.29. The van der Waals surface area contributed by atoms with Crippen LogP contribution in [0.4, 0.5) is 5.69 Å². The lowest BCUT2D eigenvalue weighted by Gasteiger charge is -2.31. The monoisotopic (exact) mass is 312 g/mol. The van der Waals surface area contributed by atoms with Crippen molar-refractivity contribution in [1.82, 2.24) is 4.90 Å². The average Bonchev–Trinajstić information content (AvgIpc) is 2.46. The summed E-state index contributed by atoms with van der Waals surface area (Å²) in [6, 6.07) is 6.55. The van der Waals surface area contributed by atoms with Crippen molar-refractivity contribution in [3.05, 3.63) is 29.8 Å². The van der Waals surface area contributed by atoms with Gasteiger partial charge in [0.15, 0.2) is 0 Å². The number of anilines is 1. The van der Waals surface area contributed by atoms with Gasteiger partial charge in [0.2, 0.25) is 10.0 Å². The largest absolute Gasteiger partial charge is 0.375 e. The Bertz CT molecular complexity index is 615. The molecule has 1 heterocycles. The molecule has 1 aromatic carbocycles. The maximum absolute atomic E-state index is 12.4. The molecule has 1 N–H and O–H groups in total. The van der Waals surface area contributed by atoms with Crippen molar-refractivity contribution in [3.63, 3.8) is 0 Å². The number of ether oxygens (including phenoxy) is 1. The number of hydrogen-bond donors (Lipinski definition) is 1. The molecule has 0 radical (unpaired) electrons. The van der Waals surface area contributed by atoms with Crippen LogP contribution in [0.25, 0.3) is 0 Å². The predicted molar refractivity (Wildman–Crippen MR) is 80.8 cm³/mol. The number of carbonyl (C=O) groups is 1. The summed E-state index contributed by atoms with van der Waals surface area (Å²) in [5.74, 6) is -0.116. The van der Waals surface area contributed by atoms with E-state index in [1.54, 1.807) is 36.1 Å². The first kappa shape index (κ1) is 15.8. The number of sulfonamides is 1. The second-order valence-corrected chi connectivity index (χ2v) is 7.03. The molecule has 1 aromatic rings. The van der Waals surface area contributed by atoms with Crippen molar-refractivity contribution < 1.29 is 17.9 Å². The van der Waals surface area contributed by atoms with Gasteiger partial charge in [-0.25, -0.2) is 8.42 Å². The molecule has 1 aliphatic rings. The first-order valence-electron chi connectivity index (χ1n) is 6.92. The fraction of sp³-hybridized carbons (Fsp3) is 0.500. The maximum Gasteiger partial charge on any atom is 0.254 e. The number of hydrogen-bond acceptors (Lipinski definition) is 4. The molecule has 0 spiro atoms. The standard InChI is InChI=1S/C14H20N2O4S/c1-3-21(18,19)15-13-6-4-5-12(9-13)14(17)16-7-8-20-11(2)10-16/h4-6,9,11,15H,3,7-8,10H2,1-2H3. The number of benzene rings is 1. The molecule has 0 bridgehead atoms. The molecule has 2 rings (SSSR count). The van der Waals surface area contributed by atoms with Crippen LogP contribution in [-0.4, -0.2) is 50.8 Å². The fourth-order valence-electron chi connectivity index (χ4n) is 2.15. The van der Waals surface area contributed by atoms with Crippen LogP contribution in [-0.2, 0) is 14.8 Å². The summed E-state index contributed by atoms with van der Waals surface area (Å²) in [4.78, 5) is 14.1. The van der Waals surface area contributed by atoms with Crippen molar-refractivity contribution in [2.45, 2.75) is 20.0 Å². The highest BCUT2D eigenvalue weighted by atomic mass is 32.2. The van der Waals surface area contributed by atoms with E-state index in [9.17, 15) is 13.2 Å². The third-order valence-corrected chi connectivity index (χ3v) is 4.60. The molecule has 0 saturated carbocycles. The summed E-state index contributed by atoms with van der Waals surface area (Å²) >= 11 is 0. The van der Waals surface area contributed by atoms with E-state index >= 15 is 0 Å². The summed E-state index contributed by atoms with van der Waals surface area (Å²) in [5, 5.41) is 0. The van der Waals surface area contributed by atoms with Gasteiger partial charge in [0.25, 0.3) is 5.91 Å². The van der Waals surface area contributed by atoms with Gasteiger partial charge in [-0.15, -0.1) is 0 Å². The van der Waals surface area contributed by atoms with Crippen LogP contribution >= 0.6 is 0 Å². The highest BCUT2D eigenvalue weighted by Crippen LogP contribution is 2.16. The van der Waals surface area contributed by atoms with Crippen LogP contribution in [0.2, 0.25) is 0 Å². The van der Waals surface area contributed by atoms with Crippen molar-refractivity contribution in [2.24, 2.45) is 0 Å². The molecule has 1 atom stereocenters. The Morgan fingerprint density at radius 3 is 2.90 bits per heavy atom. The second-order valence-electron chi connectivity index (χ2n) is 5.02. The summed E-state index contributed by atoms with van der Waals surface area (Å²) in [6.45, 7) is 5.10. The van der Waals surface area contributed by atoms with Gasteiger partial charge in [-0.3, -0.25) is 9.52 Å². The van der Waals surface area contributed by atoms with Crippen LogP contribution in [0, 0.1) is 0 Å². The average molecular weight is 312 g/mol. The van der Waals surface area contributed by atoms with Gasteiger partial charge in [0, 0.05) is 24.3 Å². The quantitative estimate of drug-likeness (QED) is 0.909. The van der Waals surface area contributed by atoms with Crippen molar-refractivity contribution in [1.29, 1.82) is 0 Å². The SMILES string of the molecule is CCS(=O)(=O)Nc1cccc(C(=O)N2CCOC(C)C2)c1. The van der Waals surface area contributed by atoms with Gasteiger partial charge in [-0.05, 0) is 32.0 Å². The minimum atomic E-state index is -3.34. The normalized spacial score (nSPS) is 19.3. The van der Waals surface area contributed by atoms with Crippen molar-refractivity contribution >= 4 is 21.6 Å². The van der Waals surface area contributed by atoms with E-state index in [-0.39, 0.29) is 17.8 Å². The first-order valence-corrected chi connectivity index (χ1v) is 8.58. The van der Waals surface area contributed by atoms with Gasteiger partial charge in [-0.1, -0.05) is 6.07 Å². The fourth-order valence-corrected chi connectivity index (χ4v) is 2.78. The Hall–Kier alpha value is -1.60. The van der Waals surface area contributed by atoms with E-state index in [2.05, 4.69) is 4.72 Å². The molecular weight excluding hydrogens is 292 g/mol. The number of morpholine rings is 1. The minimum Gasteiger partial charge on any atom is -0.375 e. The minimum absolute atomic E-state index is 0.00779. The lowest BCUT2D eigenvalue weighted by atomic mass is 10.1. The zero-order valence-corrected chi connectivity index (χ0v) is 13.0. The van der Waals surface area contributed by atoms with Gasteiger partial charge in [0.05, 0.1) is 18.5 Å². The molecule has 6 nitrogen and oxygen atoms in total. The van der Waals surface area contributed by atoms with E-state index < -0.39 is 10.0 Å². The molecule has 1 fully saturated rings. The zero-order valence-electron chi connectivity index (χ0n) is 12.2. The first-order chi connectivity index (χ1) is 9.91. The van der Waals surface area contributed by atoms with E-state index in [1.165, 1.54) is 0 Å². The Balaban J connectivity index is 2.15. The lowest BCUT2D eigenvalue weighted by molar-refractivity contribution is -0.0124. The Morgan fingerprint density at radius 1 is 1.48 bits per heavy atom. The van der Waals surface area contributed by atoms with Crippen LogP contribution in [0.3, 0.4) is 0 Å². The number of amides is 1. The van der Waals surface area contributed by atoms with Gasteiger partial charge in [0.1, 0.15) is 0 Å². The Labute approximate surface area is 125 Å². The van der Waals surface area contributed by atoms with Crippen LogP contribution in [0.5, 0.6) is 0 Å². The second kappa shape index (κ2) is 6.44. The van der Waals surface area contributed by atoms with E-state index in [1.807, 2.05) is 6.92 Å². The molecule has 116 valence electrons. The molecule has 0 aliphatic carbocycles. The molecule has 1 saturated heterocycles. The molecule has 1 unspecified atom stereocenters. The smallest absolute Gasteiger partial charge is 0.254 e. The molecule has 1 aliphatic heterocycles. The summed E-state index contributed by atoms with van der Waals surface area (Å²) in [5.41, 5.74) is 0.879. The lowest BCUT2D eigenvalue weighted by Crippen LogP contribution is -2.44. The number of nitrogens with one attached hydrogen (secondary N) is 1. The van der Waals surface area contributed by atoms with Gasteiger partial charge in [-0.2, -0.15) is 0 Å². The van der Waals surface area contributed by atoms with Crippen LogP contribution < -0.4 is 4.72 Å². The molecule has 21 heavy (non-hydrogen) atoms. The maximum atomic E-state index is 12.4. The highest BCUT2D eigenvalue weighted by Gasteiger charge is 2.22. The van der Waals surface area contributed by atoms with E-state index in [4.69, 9.17) is 4.74 Å². The molecule has 1 amide bonds. The number of rotatable bonds is 4. The van der Waals surface area contributed by atoms with Gasteiger partial charge < -0.3 is 9.64 Å². The predicted octanol–water partition coefficient (Wildman–Crippen LogP) is 1.31. The Kier molecular flexibility index (Phi) is 4.84. The van der Waals surface area contributed by atoms with E-state index in [0.717, 1.165) is 0 Å². The topological polar surface area (TPSA) is 75.7 Å². The third kappa shape index (κ3) is 4.18. The summed E-state index contributed by atoms with van der Waals surface area (Å²) < 4.78 is 31.0. The Morgan fingerprint density at radius 2 is 2.24 bits per heavy atom. The molecular formula is C14H20N2O4S. The van der Waals surface area contributed by atoms with Gasteiger partial charge >= 0.3 is 0 Å². The van der Waals surface area contributed by atoms with Crippen molar-refractivity contribution in [3.8, 4) is 0 Å². The number of carbonyl (C=O) groups excluding carboxylic acids is 1. The van der Waals surface area contributed by atoms with Crippen molar-refractivity contribution in [2.75, 3.05) is 30.2 Å². The highest BCUT2D eigenvalue weighted by molar-refractivity contribution is 7.92. The van der Waals surface area contributed by atoms with Crippen LogP contribution in [0.15, 0.2) is 24.3 Å². The van der Waals surface area contributed by atoms with E-state index in [0.29, 0.717) is 30.9 Å². The molecule has 0 aromatic heterocycles. The molecule has 7 heteroatoms. The zero-order chi connectivity index (χ0) is 15.5. The summed E-state index contributed by atoms with van der Waals surface area (Å²) in [7, 11) is -3.34.